The molecule has 0 amide bonds. The zero-order valence-electron chi connectivity index (χ0n) is 8.47. The van der Waals surface area contributed by atoms with Crippen molar-refractivity contribution in [1.29, 1.82) is 0 Å². The first-order valence-electron chi connectivity index (χ1n) is 5.08. The van der Waals surface area contributed by atoms with Crippen molar-refractivity contribution >= 4 is 11.8 Å². The molecule has 3 atom stereocenters. The Balaban J connectivity index is 2.28. The Kier molecular flexibility index (Phi) is 4.44. The van der Waals surface area contributed by atoms with E-state index in [1.165, 1.54) is 25.0 Å². The fourth-order valence-electron chi connectivity index (χ4n) is 2.04. The molecule has 1 fully saturated rings. The standard InChI is InChI=1S/C10H21NS/c1-4-7-12-10-6-5-9(11-3)8(10)2/h8-11H,4-7H2,1-3H3. The van der Waals surface area contributed by atoms with Gasteiger partial charge in [0, 0.05) is 11.3 Å². The highest BCUT2D eigenvalue weighted by molar-refractivity contribution is 7.99. The summed E-state index contributed by atoms with van der Waals surface area (Å²) < 4.78 is 0. The molecule has 0 saturated heterocycles. The lowest BCUT2D eigenvalue weighted by Gasteiger charge is -2.19. The lowest BCUT2D eigenvalue weighted by Crippen LogP contribution is -2.30. The highest BCUT2D eigenvalue weighted by atomic mass is 32.2. The Morgan fingerprint density at radius 3 is 2.67 bits per heavy atom. The maximum atomic E-state index is 3.41. The SMILES string of the molecule is CCCSC1CCC(NC)C1C. The van der Waals surface area contributed by atoms with E-state index in [-0.39, 0.29) is 0 Å². The van der Waals surface area contributed by atoms with Gasteiger partial charge in [-0.15, -0.1) is 0 Å². The minimum Gasteiger partial charge on any atom is -0.317 e. The van der Waals surface area contributed by atoms with Crippen LogP contribution in [0.2, 0.25) is 0 Å². The zero-order chi connectivity index (χ0) is 8.97. The Morgan fingerprint density at radius 2 is 2.17 bits per heavy atom. The van der Waals surface area contributed by atoms with E-state index < -0.39 is 0 Å². The van der Waals surface area contributed by atoms with Crippen LogP contribution in [0.25, 0.3) is 0 Å². The minimum absolute atomic E-state index is 0.777. The van der Waals surface area contributed by atoms with Crippen LogP contribution in [0.5, 0.6) is 0 Å². The fraction of sp³-hybridized carbons (Fsp3) is 1.00. The molecular weight excluding hydrogens is 166 g/mol. The van der Waals surface area contributed by atoms with Crippen LogP contribution >= 0.6 is 11.8 Å². The first kappa shape index (κ1) is 10.4. The quantitative estimate of drug-likeness (QED) is 0.726. The third kappa shape index (κ3) is 2.40. The third-order valence-corrected chi connectivity index (χ3v) is 4.63. The molecular formula is C10H21NS. The summed E-state index contributed by atoms with van der Waals surface area (Å²) in [6.45, 7) is 4.66. The summed E-state index contributed by atoms with van der Waals surface area (Å²) in [4.78, 5) is 0. The van der Waals surface area contributed by atoms with Crippen molar-refractivity contribution < 1.29 is 0 Å². The van der Waals surface area contributed by atoms with Crippen molar-refractivity contribution in [3.05, 3.63) is 0 Å². The average Bonchev–Trinajstić information content (AvgIpc) is 2.43. The predicted molar refractivity (Wildman–Crippen MR) is 57.8 cm³/mol. The topological polar surface area (TPSA) is 12.0 Å². The highest BCUT2D eigenvalue weighted by Crippen LogP contribution is 2.34. The molecule has 12 heavy (non-hydrogen) atoms. The smallest absolute Gasteiger partial charge is 0.0101 e. The Labute approximate surface area is 80.7 Å². The van der Waals surface area contributed by atoms with Crippen molar-refractivity contribution in [3.63, 3.8) is 0 Å². The van der Waals surface area contributed by atoms with E-state index in [1.54, 1.807) is 0 Å². The van der Waals surface area contributed by atoms with Gasteiger partial charge in [0.15, 0.2) is 0 Å². The molecule has 1 nitrogen and oxygen atoms in total. The molecule has 0 radical (unpaired) electrons. The molecule has 0 aromatic heterocycles. The molecule has 1 aliphatic rings. The molecule has 0 aromatic carbocycles. The molecule has 0 bridgehead atoms. The van der Waals surface area contributed by atoms with E-state index in [2.05, 4.69) is 38.0 Å². The van der Waals surface area contributed by atoms with E-state index in [0.29, 0.717) is 0 Å². The second-order valence-electron chi connectivity index (χ2n) is 3.74. The van der Waals surface area contributed by atoms with Crippen LogP contribution in [-0.2, 0) is 0 Å². The van der Waals surface area contributed by atoms with Crippen LogP contribution < -0.4 is 5.32 Å². The summed E-state index contributed by atoms with van der Waals surface area (Å²) in [5, 5.41) is 4.33. The van der Waals surface area contributed by atoms with Gasteiger partial charge in [-0.1, -0.05) is 13.8 Å². The first-order chi connectivity index (χ1) is 5.79. The third-order valence-electron chi connectivity index (χ3n) is 2.89. The van der Waals surface area contributed by atoms with Gasteiger partial charge < -0.3 is 5.32 Å². The highest BCUT2D eigenvalue weighted by Gasteiger charge is 2.31. The lowest BCUT2D eigenvalue weighted by molar-refractivity contribution is 0.464. The summed E-state index contributed by atoms with van der Waals surface area (Å²) in [6.07, 6.45) is 4.11. The second-order valence-corrected chi connectivity index (χ2v) is 5.09. The molecule has 2 heteroatoms. The van der Waals surface area contributed by atoms with Gasteiger partial charge in [-0.25, -0.2) is 0 Å². The van der Waals surface area contributed by atoms with Gasteiger partial charge in [0.25, 0.3) is 0 Å². The average molecular weight is 187 g/mol. The number of rotatable bonds is 4. The van der Waals surface area contributed by atoms with Crippen molar-refractivity contribution in [2.45, 2.75) is 44.4 Å². The number of thioether (sulfide) groups is 1. The number of hydrogen-bond acceptors (Lipinski definition) is 2. The van der Waals surface area contributed by atoms with Gasteiger partial charge in [-0.05, 0) is 38.0 Å². The molecule has 1 saturated carbocycles. The van der Waals surface area contributed by atoms with Gasteiger partial charge >= 0.3 is 0 Å². The molecule has 0 aliphatic heterocycles. The lowest BCUT2D eigenvalue weighted by atomic mass is 10.1. The summed E-state index contributed by atoms with van der Waals surface area (Å²) >= 11 is 2.17. The molecule has 0 aromatic rings. The van der Waals surface area contributed by atoms with E-state index in [9.17, 15) is 0 Å². The summed E-state index contributed by atoms with van der Waals surface area (Å²) in [5.74, 6) is 2.21. The van der Waals surface area contributed by atoms with Gasteiger partial charge in [0.05, 0.1) is 0 Å². The molecule has 1 aliphatic carbocycles. The summed E-state index contributed by atoms with van der Waals surface area (Å²) in [7, 11) is 2.09. The van der Waals surface area contributed by atoms with Gasteiger partial charge in [-0.2, -0.15) is 11.8 Å². The van der Waals surface area contributed by atoms with Crippen LogP contribution in [0, 0.1) is 5.92 Å². The fourth-order valence-corrected chi connectivity index (χ4v) is 3.37. The van der Waals surface area contributed by atoms with Crippen LogP contribution in [0.3, 0.4) is 0 Å². The predicted octanol–water partition coefficient (Wildman–Crippen LogP) is 2.52. The Bertz CT molecular complexity index is 127. The van der Waals surface area contributed by atoms with Gasteiger partial charge in [0.2, 0.25) is 0 Å². The summed E-state index contributed by atoms with van der Waals surface area (Å²) in [6, 6.07) is 0.777. The van der Waals surface area contributed by atoms with Crippen LogP contribution in [-0.4, -0.2) is 24.1 Å². The maximum absolute atomic E-state index is 3.41. The van der Waals surface area contributed by atoms with Crippen molar-refractivity contribution in [2.24, 2.45) is 5.92 Å². The summed E-state index contributed by atoms with van der Waals surface area (Å²) in [5.41, 5.74) is 0. The molecule has 1 N–H and O–H groups in total. The van der Waals surface area contributed by atoms with Gasteiger partial charge in [-0.3, -0.25) is 0 Å². The minimum atomic E-state index is 0.777. The zero-order valence-corrected chi connectivity index (χ0v) is 9.29. The second kappa shape index (κ2) is 5.13. The van der Waals surface area contributed by atoms with E-state index >= 15 is 0 Å². The van der Waals surface area contributed by atoms with Crippen molar-refractivity contribution in [2.75, 3.05) is 12.8 Å². The first-order valence-corrected chi connectivity index (χ1v) is 6.13. The molecule has 3 unspecified atom stereocenters. The number of hydrogen-bond donors (Lipinski definition) is 1. The maximum Gasteiger partial charge on any atom is 0.0101 e. The molecule has 0 heterocycles. The Morgan fingerprint density at radius 1 is 1.42 bits per heavy atom. The molecule has 72 valence electrons. The van der Waals surface area contributed by atoms with Crippen LogP contribution in [0.1, 0.15) is 33.1 Å². The van der Waals surface area contributed by atoms with Crippen molar-refractivity contribution in [3.8, 4) is 0 Å². The largest absolute Gasteiger partial charge is 0.317 e. The van der Waals surface area contributed by atoms with E-state index in [1.807, 2.05) is 0 Å². The monoisotopic (exact) mass is 187 g/mol. The van der Waals surface area contributed by atoms with E-state index in [4.69, 9.17) is 0 Å². The van der Waals surface area contributed by atoms with E-state index in [0.717, 1.165) is 17.2 Å². The van der Waals surface area contributed by atoms with Crippen molar-refractivity contribution in [1.82, 2.24) is 5.32 Å². The normalized spacial score (nSPS) is 35.8. The molecule has 1 rings (SSSR count). The number of nitrogens with one attached hydrogen (secondary N) is 1. The van der Waals surface area contributed by atoms with Crippen LogP contribution in [0.15, 0.2) is 0 Å². The molecule has 0 spiro atoms. The Hall–Kier alpha value is 0.310. The van der Waals surface area contributed by atoms with Crippen LogP contribution in [0.4, 0.5) is 0 Å². The van der Waals surface area contributed by atoms with Gasteiger partial charge in [0.1, 0.15) is 0 Å².